The fraction of sp³-hybridized carbons (Fsp3) is 0.500. The van der Waals surface area contributed by atoms with Crippen molar-refractivity contribution < 1.29 is 0 Å². The van der Waals surface area contributed by atoms with Gasteiger partial charge in [-0.2, -0.15) is 5.10 Å². The summed E-state index contributed by atoms with van der Waals surface area (Å²) in [5.74, 6) is 0.539. The zero-order chi connectivity index (χ0) is 8.55. The molecule has 4 heteroatoms. The molecule has 0 bridgehead atoms. The van der Waals surface area contributed by atoms with Crippen molar-refractivity contribution in [3.63, 3.8) is 0 Å². The topological polar surface area (TPSA) is 78.5 Å². The van der Waals surface area contributed by atoms with E-state index in [1.807, 2.05) is 6.20 Å². The standard InChI is InChI=1S/C8H12N4/c9-8(10)5-1-2-7-6(3-5)4-11-12-7/h4-5H,1-3H2,(H3,9,10)(H,11,12)/t5-/m1/s1. The molecule has 4 nitrogen and oxygen atoms in total. The predicted molar refractivity (Wildman–Crippen MR) is 46.0 cm³/mol. The quantitative estimate of drug-likeness (QED) is 0.416. The maximum absolute atomic E-state index is 7.33. The molecule has 4 N–H and O–H groups in total. The van der Waals surface area contributed by atoms with E-state index in [2.05, 4.69) is 10.2 Å². The number of hydrogen-bond acceptors (Lipinski definition) is 2. The molecule has 2 rings (SSSR count). The van der Waals surface area contributed by atoms with Gasteiger partial charge in [0.2, 0.25) is 0 Å². The monoisotopic (exact) mass is 164 g/mol. The Labute approximate surface area is 70.7 Å². The van der Waals surface area contributed by atoms with Gasteiger partial charge in [0, 0.05) is 11.6 Å². The van der Waals surface area contributed by atoms with Gasteiger partial charge in [-0.3, -0.25) is 10.5 Å². The van der Waals surface area contributed by atoms with Gasteiger partial charge in [0.15, 0.2) is 0 Å². The van der Waals surface area contributed by atoms with Gasteiger partial charge in [-0.25, -0.2) is 0 Å². The predicted octanol–water partition coefficient (Wildman–Crippen LogP) is 0.451. The van der Waals surface area contributed by atoms with Gasteiger partial charge in [0.05, 0.1) is 12.0 Å². The van der Waals surface area contributed by atoms with Crippen LogP contribution in [0.5, 0.6) is 0 Å². The van der Waals surface area contributed by atoms with Crippen LogP contribution in [0.25, 0.3) is 0 Å². The van der Waals surface area contributed by atoms with E-state index in [0.29, 0.717) is 5.84 Å². The molecule has 0 aromatic carbocycles. The highest BCUT2D eigenvalue weighted by molar-refractivity contribution is 5.80. The van der Waals surface area contributed by atoms with Crippen molar-refractivity contribution in [3.05, 3.63) is 17.5 Å². The maximum Gasteiger partial charge on any atom is 0.0940 e. The van der Waals surface area contributed by atoms with Crippen LogP contribution in [-0.2, 0) is 12.8 Å². The third-order valence-corrected chi connectivity index (χ3v) is 2.46. The molecular formula is C8H12N4. The fourth-order valence-corrected chi connectivity index (χ4v) is 1.68. The molecule has 1 aromatic rings. The molecule has 0 saturated heterocycles. The molecule has 1 aromatic heterocycles. The minimum Gasteiger partial charge on any atom is -0.387 e. The van der Waals surface area contributed by atoms with Gasteiger partial charge in [-0.1, -0.05) is 0 Å². The number of aryl methyl sites for hydroxylation is 1. The van der Waals surface area contributed by atoms with Crippen molar-refractivity contribution in [2.45, 2.75) is 19.3 Å². The number of nitrogens with two attached hydrogens (primary N) is 1. The van der Waals surface area contributed by atoms with Crippen molar-refractivity contribution >= 4 is 5.84 Å². The molecule has 1 heterocycles. The van der Waals surface area contributed by atoms with Gasteiger partial charge in [0.25, 0.3) is 0 Å². The normalized spacial score (nSPS) is 21.8. The third-order valence-electron chi connectivity index (χ3n) is 2.46. The third kappa shape index (κ3) is 1.09. The second-order valence-corrected chi connectivity index (χ2v) is 3.27. The van der Waals surface area contributed by atoms with E-state index in [-0.39, 0.29) is 5.92 Å². The van der Waals surface area contributed by atoms with Gasteiger partial charge in [-0.15, -0.1) is 0 Å². The lowest BCUT2D eigenvalue weighted by Gasteiger charge is -2.19. The number of nitrogens with zero attached hydrogens (tertiary/aromatic N) is 1. The van der Waals surface area contributed by atoms with Crippen LogP contribution in [0.2, 0.25) is 0 Å². The van der Waals surface area contributed by atoms with Crippen LogP contribution < -0.4 is 5.73 Å². The van der Waals surface area contributed by atoms with Crippen LogP contribution in [-0.4, -0.2) is 16.0 Å². The SMILES string of the molecule is N=C(N)[C@@H]1CCc2[nH]ncc2C1. The van der Waals surface area contributed by atoms with Crippen molar-refractivity contribution in [3.8, 4) is 0 Å². The van der Waals surface area contributed by atoms with Crippen LogP contribution in [0, 0.1) is 11.3 Å². The van der Waals surface area contributed by atoms with E-state index in [0.717, 1.165) is 19.3 Å². The van der Waals surface area contributed by atoms with E-state index < -0.39 is 0 Å². The minimum absolute atomic E-state index is 0.232. The minimum atomic E-state index is 0.232. The smallest absolute Gasteiger partial charge is 0.0940 e. The Hall–Kier alpha value is -1.32. The Morgan fingerprint density at radius 1 is 1.75 bits per heavy atom. The Kier molecular flexibility index (Phi) is 1.60. The summed E-state index contributed by atoms with van der Waals surface area (Å²) in [4.78, 5) is 0. The fourth-order valence-electron chi connectivity index (χ4n) is 1.68. The molecule has 0 unspecified atom stereocenters. The molecule has 0 saturated carbocycles. The number of amidine groups is 1. The van der Waals surface area contributed by atoms with E-state index in [9.17, 15) is 0 Å². The molecule has 0 spiro atoms. The van der Waals surface area contributed by atoms with Crippen LogP contribution in [0.1, 0.15) is 17.7 Å². The Morgan fingerprint density at radius 3 is 3.33 bits per heavy atom. The number of aromatic amines is 1. The Balaban J connectivity index is 2.20. The number of H-pyrrole nitrogens is 1. The zero-order valence-electron chi connectivity index (χ0n) is 6.80. The highest BCUT2D eigenvalue weighted by Crippen LogP contribution is 2.23. The van der Waals surface area contributed by atoms with Gasteiger partial charge in [0.1, 0.15) is 0 Å². The average Bonchev–Trinajstić information content (AvgIpc) is 2.49. The summed E-state index contributed by atoms with van der Waals surface area (Å²) in [6.07, 6.45) is 4.66. The first kappa shape index (κ1) is 7.34. The lowest BCUT2D eigenvalue weighted by Crippen LogP contribution is -2.27. The number of fused-ring (bicyclic) bond motifs is 1. The van der Waals surface area contributed by atoms with E-state index in [1.54, 1.807) is 0 Å². The second kappa shape index (κ2) is 2.62. The lowest BCUT2D eigenvalue weighted by molar-refractivity contribution is 0.571. The molecule has 0 radical (unpaired) electrons. The molecule has 0 aliphatic heterocycles. The Bertz CT molecular complexity index is 302. The summed E-state index contributed by atoms with van der Waals surface area (Å²) >= 11 is 0. The molecule has 1 atom stereocenters. The maximum atomic E-state index is 7.33. The first-order valence-corrected chi connectivity index (χ1v) is 4.12. The number of aromatic nitrogens is 2. The summed E-state index contributed by atoms with van der Waals surface area (Å²) < 4.78 is 0. The first-order chi connectivity index (χ1) is 5.77. The van der Waals surface area contributed by atoms with E-state index >= 15 is 0 Å². The highest BCUT2D eigenvalue weighted by Gasteiger charge is 2.21. The molecular weight excluding hydrogens is 152 g/mol. The lowest BCUT2D eigenvalue weighted by atomic mass is 9.87. The van der Waals surface area contributed by atoms with Gasteiger partial charge >= 0.3 is 0 Å². The van der Waals surface area contributed by atoms with Crippen LogP contribution in [0.3, 0.4) is 0 Å². The van der Waals surface area contributed by atoms with Crippen molar-refractivity contribution in [1.82, 2.24) is 10.2 Å². The van der Waals surface area contributed by atoms with Crippen LogP contribution in [0.15, 0.2) is 6.20 Å². The van der Waals surface area contributed by atoms with Crippen molar-refractivity contribution in [1.29, 1.82) is 5.41 Å². The molecule has 12 heavy (non-hydrogen) atoms. The number of rotatable bonds is 1. The molecule has 0 amide bonds. The second-order valence-electron chi connectivity index (χ2n) is 3.27. The number of nitrogens with one attached hydrogen (secondary N) is 2. The van der Waals surface area contributed by atoms with Gasteiger partial charge < -0.3 is 5.73 Å². The van der Waals surface area contributed by atoms with E-state index in [1.165, 1.54) is 11.3 Å². The number of hydrogen-bond donors (Lipinski definition) is 3. The summed E-state index contributed by atoms with van der Waals surface area (Å²) in [7, 11) is 0. The Morgan fingerprint density at radius 2 is 2.58 bits per heavy atom. The highest BCUT2D eigenvalue weighted by atomic mass is 15.1. The average molecular weight is 164 g/mol. The summed E-state index contributed by atoms with van der Waals surface area (Å²) in [6, 6.07) is 0. The largest absolute Gasteiger partial charge is 0.387 e. The molecule has 1 aliphatic rings. The van der Waals surface area contributed by atoms with E-state index in [4.69, 9.17) is 11.1 Å². The summed E-state index contributed by atoms with van der Waals surface area (Å²) in [5, 5.41) is 14.2. The molecule has 64 valence electrons. The van der Waals surface area contributed by atoms with Crippen LogP contribution >= 0.6 is 0 Å². The van der Waals surface area contributed by atoms with Crippen molar-refractivity contribution in [2.24, 2.45) is 11.7 Å². The first-order valence-electron chi connectivity index (χ1n) is 4.12. The molecule has 0 fully saturated rings. The summed E-state index contributed by atoms with van der Waals surface area (Å²) in [5.41, 5.74) is 7.88. The zero-order valence-corrected chi connectivity index (χ0v) is 6.80. The summed E-state index contributed by atoms with van der Waals surface area (Å²) in [6.45, 7) is 0. The van der Waals surface area contributed by atoms with Crippen molar-refractivity contribution in [2.75, 3.05) is 0 Å². The van der Waals surface area contributed by atoms with Crippen LogP contribution in [0.4, 0.5) is 0 Å². The van der Waals surface area contributed by atoms with Gasteiger partial charge in [-0.05, 0) is 24.8 Å². The molecule has 1 aliphatic carbocycles.